The number of carbonyl (C=O) groups is 1. The Balaban J connectivity index is 1.79. The Morgan fingerprint density at radius 1 is 1.04 bits per heavy atom. The normalized spacial score (nSPS) is 19.3. The summed E-state index contributed by atoms with van der Waals surface area (Å²) < 4.78 is 0. The van der Waals surface area contributed by atoms with Crippen molar-refractivity contribution >= 4 is 11.5 Å². The Morgan fingerprint density at radius 3 is 2.75 bits per heavy atom. The average Bonchev–Trinajstić information content (AvgIpc) is 2.83. The molecule has 1 fully saturated rings. The largest absolute Gasteiger partial charge is 0.361 e. The fourth-order valence-electron chi connectivity index (χ4n) is 4.24. The molecule has 4 rings (SSSR count). The van der Waals surface area contributed by atoms with Gasteiger partial charge in [0.1, 0.15) is 0 Å². The minimum absolute atomic E-state index is 0.0554. The fourth-order valence-corrected chi connectivity index (χ4v) is 4.24. The zero-order valence-electron chi connectivity index (χ0n) is 14.0. The summed E-state index contributed by atoms with van der Waals surface area (Å²) in [6.45, 7) is 4.68. The van der Waals surface area contributed by atoms with Crippen LogP contribution in [0.2, 0.25) is 0 Å². The molecule has 24 heavy (non-hydrogen) atoms. The molecule has 0 saturated carbocycles. The number of benzene rings is 2. The first kappa shape index (κ1) is 15.2. The number of rotatable bonds is 3. The van der Waals surface area contributed by atoms with Gasteiger partial charge in [-0.2, -0.15) is 0 Å². The third kappa shape index (κ3) is 2.47. The Bertz CT molecular complexity index is 792. The van der Waals surface area contributed by atoms with E-state index in [1.54, 1.807) is 0 Å². The second-order valence-corrected chi connectivity index (χ2v) is 6.80. The first-order valence-corrected chi connectivity index (χ1v) is 8.92. The van der Waals surface area contributed by atoms with Gasteiger partial charge in [0, 0.05) is 18.7 Å². The molecule has 0 radical (unpaired) electrons. The number of anilines is 1. The monoisotopic (exact) mass is 317 g/mol. The molecule has 0 spiro atoms. The van der Waals surface area contributed by atoms with Crippen molar-refractivity contribution in [2.75, 3.05) is 11.4 Å². The maximum absolute atomic E-state index is 12.5. The van der Waals surface area contributed by atoms with Crippen LogP contribution in [0.3, 0.4) is 0 Å². The summed E-state index contributed by atoms with van der Waals surface area (Å²) in [5.41, 5.74) is 6.68. The van der Waals surface area contributed by atoms with Gasteiger partial charge in [-0.3, -0.25) is 4.79 Å². The summed E-state index contributed by atoms with van der Waals surface area (Å²) in [6.07, 6.45) is 6.87. The van der Waals surface area contributed by atoms with Gasteiger partial charge in [-0.25, -0.2) is 0 Å². The molecule has 1 unspecified atom stereocenters. The lowest BCUT2D eigenvalue weighted by atomic mass is 10.0. The van der Waals surface area contributed by atoms with E-state index in [9.17, 15) is 4.79 Å². The van der Waals surface area contributed by atoms with Crippen molar-refractivity contribution in [1.29, 1.82) is 0 Å². The van der Waals surface area contributed by atoms with Crippen LogP contribution in [0.4, 0.5) is 5.69 Å². The van der Waals surface area contributed by atoms with Crippen LogP contribution in [0.15, 0.2) is 55.1 Å². The van der Waals surface area contributed by atoms with E-state index < -0.39 is 0 Å². The number of hydrogen-bond acceptors (Lipinski definition) is 2. The molecular formula is C22H23NO. The van der Waals surface area contributed by atoms with Gasteiger partial charge in [-0.1, -0.05) is 55.8 Å². The van der Waals surface area contributed by atoms with Crippen LogP contribution in [0.1, 0.15) is 36.8 Å². The molecule has 2 aromatic carbocycles. The van der Waals surface area contributed by atoms with Crippen molar-refractivity contribution in [3.05, 3.63) is 66.2 Å². The Hall–Kier alpha value is -2.35. The molecule has 0 amide bonds. The minimum Gasteiger partial charge on any atom is -0.361 e. The van der Waals surface area contributed by atoms with Crippen LogP contribution in [0, 0.1) is 0 Å². The molecule has 2 aromatic rings. The van der Waals surface area contributed by atoms with Crippen LogP contribution >= 0.6 is 0 Å². The van der Waals surface area contributed by atoms with Gasteiger partial charge in [-0.05, 0) is 47.2 Å². The highest BCUT2D eigenvalue weighted by Crippen LogP contribution is 2.42. The highest BCUT2D eigenvalue weighted by molar-refractivity contribution is 5.97. The second kappa shape index (κ2) is 6.27. The van der Waals surface area contributed by atoms with Crippen LogP contribution in [0.5, 0.6) is 0 Å². The molecule has 1 saturated heterocycles. The predicted octanol–water partition coefficient (Wildman–Crippen LogP) is 4.76. The van der Waals surface area contributed by atoms with E-state index in [-0.39, 0.29) is 11.8 Å². The zero-order valence-corrected chi connectivity index (χ0v) is 14.0. The Morgan fingerprint density at radius 2 is 1.88 bits per heavy atom. The molecule has 1 aliphatic carbocycles. The van der Waals surface area contributed by atoms with E-state index >= 15 is 0 Å². The Kier molecular flexibility index (Phi) is 3.97. The summed E-state index contributed by atoms with van der Waals surface area (Å²) in [7, 11) is 0. The van der Waals surface area contributed by atoms with Gasteiger partial charge < -0.3 is 4.90 Å². The molecule has 0 bridgehead atoms. The van der Waals surface area contributed by atoms with Crippen LogP contribution in [-0.2, 0) is 11.2 Å². The summed E-state index contributed by atoms with van der Waals surface area (Å²) in [5, 5.41) is 0. The Labute approximate surface area is 143 Å². The summed E-state index contributed by atoms with van der Waals surface area (Å²) >= 11 is 0. The summed E-state index contributed by atoms with van der Waals surface area (Å²) in [5.74, 6) is 0.157. The predicted molar refractivity (Wildman–Crippen MR) is 99.5 cm³/mol. The molecule has 0 N–H and O–H groups in total. The third-order valence-electron chi connectivity index (χ3n) is 5.42. The molecule has 2 aliphatic rings. The first-order valence-electron chi connectivity index (χ1n) is 8.92. The highest BCUT2D eigenvalue weighted by atomic mass is 16.1. The van der Waals surface area contributed by atoms with Gasteiger partial charge in [0.15, 0.2) is 5.78 Å². The molecule has 1 atom stereocenters. The minimum atomic E-state index is -0.0554. The number of hydrogen-bond donors (Lipinski definition) is 0. The third-order valence-corrected chi connectivity index (χ3v) is 5.42. The maximum atomic E-state index is 12.5. The van der Waals surface area contributed by atoms with E-state index in [0.717, 1.165) is 32.2 Å². The van der Waals surface area contributed by atoms with Crippen LogP contribution < -0.4 is 4.90 Å². The van der Waals surface area contributed by atoms with Gasteiger partial charge in [0.05, 0.1) is 6.04 Å². The van der Waals surface area contributed by atoms with E-state index in [1.807, 2.05) is 0 Å². The van der Waals surface area contributed by atoms with Crippen molar-refractivity contribution in [1.82, 2.24) is 0 Å². The molecule has 1 heterocycles. The van der Waals surface area contributed by atoms with Crippen LogP contribution in [0.25, 0.3) is 11.1 Å². The lowest BCUT2D eigenvalue weighted by Crippen LogP contribution is -2.40. The standard InChI is InChI=1S/C22H23NO/c1-2-22(24)21-12-4-3-7-14-23(21)20-13-8-11-18-17-10-6-5-9-16(17)15-19(18)20/h2,5-6,8-11,13,21H,1,3-4,7,12,14-15H2. The molecule has 0 aromatic heterocycles. The highest BCUT2D eigenvalue weighted by Gasteiger charge is 2.30. The summed E-state index contributed by atoms with van der Waals surface area (Å²) in [6, 6.07) is 15.1. The zero-order chi connectivity index (χ0) is 16.5. The summed E-state index contributed by atoms with van der Waals surface area (Å²) in [4.78, 5) is 14.8. The van der Waals surface area contributed by atoms with Crippen molar-refractivity contribution in [2.45, 2.75) is 38.1 Å². The van der Waals surface area contributed by atoms with Crippen molar-refractivity contribution in [2.24, 2.45) is 0 Å². The second-order valence-electron chi connectivity index (χ2n) is 6.80. The number of ketones is 1. The van der Waals surface area contributed by atoms with Gasteiger partial charge in [0.2, 0.25) is 0 Å². The lowest BCUT2D eigenvalue weighted by molar-refractivity contribution is -0.115. The lowest BCUT2D eigenvalue weighted by Gasteiger charge is -2.32. The van der Waals surface area contributed by atoms with Crippen molar-refractivity contribution < 1.29 is 4.79 Å². The van der Waals surface area contributed by atoms with E-state index in [4.69, 9.17) is 0 Å². The van der Waals surface area contributed by atoms with Crippen LogP contribution in [-0.4, -0.2) is 18.4 Å². The van der Waals surface area contributed by atoms with Gasteiger partial charge in [-0.15, -0.1) is 0 Å². The van der Waals surface area contributed by atoms with Gasteiger partial charge in [0.25, 0.3) is 0 Å². The molecule has 2 heteroatoms. The van der Waals surface area contributed by atoms with E-state index in [2.05, 4.69) is 53.9 Å². The molecule has 122 valence electrons. The SMILES string of the molecule is C=CC(=O)C1CCCCCN1c1cccc2c1Cc1ccccc1-2. The topological polar surface area (TPSA) is 20.3 Å². The smallest absolute Gasteiger partial charge is 0.177 e. The first-order chi connectivity index (χ1) is 11.8. The molecule has 1 aliphatic heterocycles. The fraction of sp³-hybridized carbons (Fsp3) is 0.318. The van der Waals surface area contributed by atoms with Crippen molar-refractivity contribution in [3.63, 3.8) is 0 Å². The van der Waals surface area contributed by atoms with E-state index in [0.29, 0.717) is 0 Å². The van der Waals surface area contributed by atoms with Crippen molar-refractivity contribution in [3.8, 4) is 11.1 Å². The van der Waals surface area contributed by atoms with E-state index in [1.165, 1.54) is 40.4 Å². The average molecular weight is 317 g/mol. The number of carbonyl (C=O) groups excluding carboxylic acids is 1. The molecule has 2 nitrogen and oxygen atoms in total. The van der Waals surface area contributed by atoms with Gasteiger partial charge >= 0.3 is 0 Å². The number of nitrogens with zero attached hydrogens (tertiary/aromatic N) is 1. The maximum Gasteiger partial charge on any atom is 0.177 e. The quantitative estimate of drug-likeness (QED) is 0.649. The number of fused-ring (bicyclic) bond motifs is 3. The molecular weight excluding hydrogens is 294 g/mol.